The van der Waals surface area contributed by atoms with Crippen LogP contribution in [0.15, 0.2) is 12.1 Å². The molecule has 1 amide bonds. The Hall–Kier alpha value is -0.390. The lowest BCUT2D eigenvalue weighted by molar-refractivity contribution is 0.0575. The topological polar surface area (TPSA) is 20.3 Å². The molecule has 1 heterocycles. The number of nitrogens with zero attached hydrogens (tertiary/aromatic N) is 1. The van der Waals surface area contributed by atoms with Gasteiger partial charge in [0.05, 0.1) is 15.8 Å². The molecule has 0 spiro atoms. The standard InChI is InChI=1S/C9H9Cl2F2NOS/c10-3-4-14(5-8(12)13)9(15)6-1-2-7(11)16-6/h1-2,8H,3-5H2. The van der Waals surface area contributed by atoms with Crippen molar-refractivity contribution in [1.82, 2.24) is 4.90 Å². The summed E-state index contributed by atoms with van der Waals surface area (Å²) in [5, 5.41) is 0. The van der Waals surface area contributed by atoms with Crippen LogP contribution in [-0.2, 0) is 0 Å². The fraction of sp³-hybridized carbons (Fsp3) is 0.444. The van der Waals surface area contributed by atoms with Gasteiger partial charge in [-0.3, -0.25) is 4.79 Å². The molecule has 0 radical (unpaired) electrons. The molecule has 16 heavy (non-hydrogen) atoms. The van der Waals surface area contributed by atoms with Gasteiger partial charge in [0.2, 0.25) is 0 Å². The third-order valence-corrected chi connectivity index (χ3v) is 3.17. The van der Waals surface area contributed by atoms with Crippen LogP contribution in [0.5, 0.6) is 0 Å². The first-order valence-electron chi connectivity index (χ1n) is 4.43. The number of hydrogen-bond donors (Lipinski definition) is 0. The number of carbonyl (C=O) groups excluding carboxylic acids is 1. The second-order valence-corrected chi connectivity index (χ2v) is 5.03. The second-order valence-electron chi connectivity index (χ2n) is 2.93. The van der Waals surface area contributed by atoms with Crippen molar-refractivity contribution in [3.8, 4) is 0 Å². The molecule has 0 aliphatic carbocycles. The smallest absolute Gasteiger partial charge is 0.264 e. The van der Waals surface area contributed by atoms with E-state index in [0.29, 0.717) is 9.21 Å². The highest BCUT2D eigenvalue weighted by Gasteiger charge is 2.20. The van der Waals surface area contributed by atoms with E-state index in [4.69, 9.17) is 23.2 Å². The first kappa shape index (κ1) is 13.7. The Bertz CT molecular complexity index is 359. The Balaban J connectivity index is 2.74. The average Bonchev–Trinajstić information content (AvgIpc) is 2.62. The zero-order chi connectivity index (χ0) is 12.1. The van der Waals surface area contributed by atoms with E-state index in [2.05, 4.69) is 0 Å². The summed E-state index contributed by atoms with van der Waals surface area (Å²) < 4.78 is 24.9. The highest BCUT2D eigenvalue weighted by molar-refractivity contribution is 7.17. The van der Waals surface area contributed by atoms with E-state index in [1.165, 1.54) is 6.07 Å². The lowest BCUT2D eigenvalue weighted by atomic mass is 10.4. The van der Waals surface area contributed by atoms with Crippen LogP contribution in [-0.4, -0.2) is 36.2 Å². The van der Waals surface area contributed by atoms with E-state index in [9.17, 15) is 13.6 Å². The number of thiophene rings is 1. The Labute approximate surface area is 106 Å². The molecule has 0 N–H and O–H groups in total. The van der Waals surface area contributed by atoms with Gasteiger partial charge in [-0.05, 0) is 12.1 Å². The molecule has 90 valence electrons. The van der Waals surface area contributed by atoms with Crippen LogP contribution in [0.2, 0.25) is 4.34 Å². The molecule has 0 fully saturated rings. The molecule has 1 aromatic heterocycles. The van der Waals surface area contributed by atoms with E-state index in [1.54, 1.807) is 6.07 Å². The summed E-state index contributed by atoms with van der Waals surface area (Å²) in [5.41, 5.74) is 0. The molecule has 0 aromatic carbocycles. The third kappa shape index (κ3) is 3.88. The van der Waals surface area contributed by atoms with Crippen molar-refractivity contribution >= 4 is 40.4 Å². The van der Waals surface area contributed by atoms with E-state index >= 15 is 0 Å². The molecule has 0 unspecified atom stereocenters. The van der Waals surface area contributed by atoms with Crippen molar-refractivity contribution < 1.29 is 13.6 Å². The molecule has 0 atom stereocenters. The quantitative estimate of drug-likeness (QED) is 0.761. The summed E-state index contributed by atoms with van der Waals surface area (Å²) in [6, 6.07) is 3.07. The van der Waals surface area contributed by atoms with Gasteiger partial charge in [0, 0.05) is 12.4 Å². The number of hydrogen-bond acceptors (Lipinski definition) is 2. The molecule has 0 aliphatic rings. The zero-order valence-electron chi connectivity index (χ0n) is 8.13. The molecule has 0 saturated heterocycles. The van der Waals surface area contributed by atoms with Gasteiger partial charge in [-0.25, -0.2) is 8.78 Å². The lowest BCUT2D eigenvalue weighted by Crippen LogP contribution is -2.36. The highest BCUT2D eigenvalue weighted by atomic mass is 35.5. The summed E-state index contributed by atoms with van der Waals surface area (Å²) in [4.78, 5) is 13.1. The van der Waals surface area contributed by atoms with Crippen LogP contribution in [0.3, 0.4) is 0 Å². The van der Waals surface area contributed by atoms with Gasteiger partial charge in [0.15, 0.2) is 0 Å². The Morgan fingerprint density at radius 2 is 2.19 bits per heavy atom. The normalized spacial score (nSPS) is 10.8. The van der Waals surface area contributed by atoms with Gasteiger partial charge in [-0.1, -0.05) is 11.6 Å². The van der Waals surface area contributed by atoms with E-state index in [-0.39, 0.29) is 12.4 Å². The van der Waals surface area contributed by atoms with Crippen LogP contribution in [0.4, 0.5) is 8.78 Å². The van der Waals surface area contributed by atoms with Crippen molar-refractivity contribution in [1.29, 1.82) is 0 Å². The van der Waals surface area contributed by atoms with Gasteiger partial charge in [0.25, 0.3) is 12.3 Å². The van der Waals surface area contributed by atoms with Crippen LogP contribution < -0.4 is 0 Å². The largest absolute Gasteiger partial charge is 0.331 e. The third-order valence-electron chi connectivity index (χ3n) is 1.78. The van der Waals surface area contributed by atoms with Gasteiger partial charge < -0.3 is 4.90 Å². The van der Waals surface area contributed by atoms with E-state index in [1.807, 2.05) is 0 Å². The fourth-order valence-electron chi connectivity index (χ4n) is 1.13. The second kappa shape index (κ2) is 6.37. The van der Waals surface area contributed by atoms with E-state index in [0.717, 1.165) is 16.2 Å². The Kier molecular flexibility index (Phi) is 5.44. The predicted octanol–water partition coefficient (Wildman–Crippen LogP) is 3.35. The average molecular weight is 288 g/mol. The molecular formula is C9H9Cl2F2NOS. The Morgan fingerprint density at radius 1 is 1.50 bits per heavy atom. The summed E-state index contributed by atoms with van der Waals surface area (Å²) >= 11 is 12.2. The minimum absolute atomic E-state index is 0.0975. The maximum atomic E-state index is 12.2. The first-order valence-corrected chi connectivity index (χ1v) is 6.16. The number of carbonyl (C=O) groups is 1. The molecule has 0 aliphatic heterocycles. The minimum Gasteiger partial charge on any atom is -0.331 e. The number of alkyl halides is 3. The van der Waals surface area contributed by atoms with Crippen molar-refractivity contribution in [2.24, 2.45) is 0 Å². The monoisotopic (exact) mass is 287 g/mol. The number of halogens is 4. The van der Waals surface area contributed by atoms with Gasteiger partial charge >= 0.3 is 0 Å². The van der Waals surface area contributed by atoms with Crippen molar-refractivity contribution in [2.45, 2.75) is 6.43 Å². The molecule has 0 bridgehead atoms. The predicted molar refractivity (Wildman–Crippen MR) is 62.0 cm³/mol. The maximum absolute atomic E-state index is 12.2. The summed E-state index contributed by atoms with van der Waals surface area (Å²) in [5.74, 6) is -0.338. The van der Waals surface area contributed by atoms with E-state index < -0.39 is 18.9 Å². The van der Waals surface area contributed by atoms with Gasteiger partial charge in [0.1, 0.15) is 0 Å². The Morgan fingerprint density at radius 3 is 2.62 bits per heavy atom. The number of rotatable bonds is 5. The van der Waals surface area contributed by atoms with Crippen LogP contribution in [0.25, 0.3) is 0 Å². The van der Waals surface area contributed by atoms with Crippen LogP contribution in [0.1, 0.15) is 9.67 Å². The minimum atomic E-state index is -2.57. The zero-order valence-corrected chi connectivity index (χ0v) is 10.5. The van der Waals surface area contributed by atoms with Crippen molar-refractivity contribution in [2.75, 3.05) is 19.0 Å². The van der Waals surface area contributed by atoms with Gasteiger partial charge in [-0.2, -0.15) is 0 Å². The summed E-state index contributed by atoms with van der Waals surface area (Å²) in [6.07, 6.45) is -2.57. The molecule has 7 heteroatoms. The van der Waals surface area contributed by atoms with Crippen molar-refractivity contribution in [3.63, 3.8) is 0 Å². The summed E-state index contributed by atoms with van der Waals surface area (Å²) in [6.45, 7) is -0.513. The maximum Gasteiger partial charge on any atom is 0.264 e. The molecule has 1 rings (SSSR count). The van der Waals surface area contributed by atoms with Crippen molar-refractivity contribution in [3.05, 3.63) is 21.3 Å². The first-order chi connectivity index (χ1) is 7.54. The fourth-order valence-corrected chi connectivity index (χ4v) is 2.34. The molecular weight excluding hydrogens is 279 g/mol. The SMILES string of the molecule is O=C(c1ccc(Cl)s1)N(CCCl)CC(F)F. The summed E-state index contributed by atoms with van der Waals surface area (Å²) in [7, 11) is 0. The van der Waals surface area contributed by atoms with Crippen LogP contribution in [0, 0.1) is 0 Å². The highest BCUT2D eigenvalue weighted by Crippen LogP contribution is 2.23. The number of amides is 1. The van der Waals surface area contributed by atoms with Crippen LogP contribution >= 0.6 is 34.5 Å². The molecule has 1 aromatic rings. The van der Waals surface area contributed by atoms with Gasteiger partial charge in [-0.15, -0.1) is 22.9 Å². The molecule has 0 saturated carbocycles. The molecule has 2 nitrogen and oxygen atoms in total. The lowest BCUT2D eigenvalue weighted by Gasteiger charge is -2.20.